The van der Waals surface area contributed by atoms with Gasteiger partial charge in [-0.2, -0.15) is 0 Å². The highest BCUT2D eigenvalue weighted by Crippen LogP contribution is 2.46. The Hall–Kier alpha value is -3.54. The van der Waals surface area contributed by atoms with E-state index in [0.29, 0.717) is 36.5 Å². The number of nitrogens with one attached hydrogen (secondary N) is 1. The van der Waals surface area contributed by atoms with Gasteiger partial charge in [0.2, 0.25) is 0 Å². The molecule has 2 aliphatic carbocycles. The molecule has 0 amide bonds. The van der Waals surface area contributed by atoms with E-state index in [1.54, 1.807) is 7.11 Å². The number of methoxy groups -OCH3 is 1. The minimum Gasteiger partial charge on any atom is -0.493 e. The van der Waals surface area contributed by atoms with E-state index in [1.165, 1.54) is 0 Å². The lowest BCUT2D eigenvalue weighted by molar-refractivity contribution is -0.144. The molecule has 36 heavy (non-hydrogen) atoms. The maximum absolute atomic E-state index is 13.5. The fourth-order valence-electron chi connectivity index (χ4n) is 5.60. The number of Topliss-reactive ketones (excluding diaryl/α,β-unsaturated/α-hetero) is 1. The van der Waals surface area contributed by atoms with Crippen LogP contribution in [0.25, 0.3) is 0 Å². The molecule has 2 unspecified atom stereocenters. The van der Waals surface area contributed by atoms with Crippen molar-refractivity contribution in [3.8, 4) is 11.5 Å². The fourth-order valence-corrected chi connectivity index (χ4v) is 5.60. The fraction of sp³-hybridized carbons (Fsp3) is 0.400. The average molecular weight is 488 g/mol. The molecule has 6 nitrogen and oxygen atoms in total. The number of rotatable bonds is 7. The molecule has 0 saturated heterocycles. The second kappa shape index (κ2) is 10.6. The number of allylic oxidation sites excluding steroid dienone is 3. The third-order valence-corrected chi connectivity index (χ3v) is 7.40. The van der Waals surface area contributed by atoms with Crippen molar-refractivity contribution in [1.82, 2.24) is 5.32 Å². The maximum atomic E-state index is 13.5. The lowest BCUT2D eigenvalue weighted by Gasteiger charge is -2.38. The first-order valence-electron chi connectivity index (χ1n) is 12.8. The van der Waals surface area contributed by atoms with Crippen LogP contribution in [0.3, 0.4) is 0 Å². The third kappa shape index (κ3) is 4.90. The zero-order valence-electron chi connectivity index (χ0n) is 20.9. The lowest BCUT2D eigenvalue weighted by atomic mass is 9.71. The topological polar surface area (TPSA) is 73.9 Å². The normalized spacial score (nSPS) is 21.9. The summed E-state index contributed by atoms with van der Waals surface area (Å²) in [6, 6.07) is 15.6. The largest absolute Gasteiger partial charge is 0.493 e. The summed E-state index contributed by atoms with van der Waals surface area (Å²) in [4.78, 5) is 26.7. The molecule has 2 atom stereocenters. The van der Waals surface area contributed by atoms with E-state index in [2.05, 4.69) is 11.4 Å². The summed E-state index contributed by atoms with van der Waals surface area (Å²) in [6.07, 6.45) is 7.13. The summed E-state index contributed by atoms with van der Waals surface area (Å²) in [7, 11) is 1.60. The molecule has 1 aliphatic heterocycles. The first-order chi connectivity index (χ1) is 17.5. The summed E-state index contributed by atoms with van der Waals surface area (Å²) in [5.41, 5.74) is 4.03. The summed E-state index contributed by atoms with van der Waals surface area (Å²) in [5, 5.41) is 3.35. The molecular weight excluding hydrogens is 454 g/mol. The molecule has 1 fully saturated rings. The van der Waals surface area contributed by atoms with E-state index in [4.69, 9.17) is 14.2 Å². The quantitative estimate of drug-likeness (QED) is 0.514. The van der Waals surface area contributed by atoms with Crippen molar-refractivity contribution in [3.63, 3.8) is 0 Å². The van der Waals surface area contributed by atoms with Crippen molar-refractivity contribution in [1.29, 1.82) is 0 Å². The van der Waals surface area contributed by atoms with Crippen LogP contribution in [0.4, 0.5) is 0 Å². The van der Waals surface area contributed by atoms with Crippen molar-refractivity contribution < 1.29 is 23.8 Å². The number of benzene rings is 2. The Kier molecular flexibility index (Phi) is 7.12. The van der Waals surface area contributed by atoms with Gasteiger partial charge >= 0.3 is 5.97 Å². The van der Waals surface area contributed by atoms with Crippen LogP contribution in [0, 0.1) is 5.92 Å². The molecule has 1 saturated carbocycles. The van der Waals surface area contributed by atoms with Gasteiger partial charge in [-0.25, -0.2) is 4.79 Å². The molecule has 1 N–H and O–H groups in total. The van der Waals surface area contributed by atoms with Gasteiger partial charge in [0, 0.05) is 23.7 Å². The number of hydrogen-bond donors (Lipinski definition) is 1. The van der Waals surface area contributed by atoms with Crippen LogP contribution in [-0.4, -0.2) is 25.0 Å². The molecule has 0 radical (unpaired) electrons. The summed E-state index contributed by atoms with van der Waals surface area (Å²) < 4.78 is 17.7. The van der Waals surface area contributed by atoms with Gasteiger partial charge in [-0.1, -0.05) is 42.5 Å². The molecule has 188 valence electrons. The van der Waals surface area contributed by atoms with E-state index in [-0.39, 0.29) is 17.9 Å². The van der Waals surface area contributed by atoms with Gasteiger partial charge in [0.05, 0.1) is 18.6 Å². The average Bonchev–Trinajstić information content (AvgIpc) is 3.40. The Balaban J connectivity index is 1.49. The highest BCUT2D eigenvalue weighted by Gasteiger charge is 2.44. The van der Waals surface area contributed by atoms with E-state index >= 15 is 0 Å². The first kappa shape index (κ1) is 24.2. The first-order valence-corrected chi connectivity index (χ1v) is 12.8. The molecule has 0 aromatic heterocycles. The second-order valence-corrected chi connectivity index (χ2v) is 9.78. The zero-order valence-corrected chi connectivity index (χ0v) is 20.9. The van der Waals surface area contributed by atoms with Crippen LogP contribution in [0.1, 0.15) is 62.5 Å². The zero-order chi connectivity index (χ0) is 25.1. The number of fused-ring (bicyclic) bond motifs is 1. The molecule has 0 bridgehead atoms. The predicted octanol–water partition coefficient (Wildman–Crippen LogP) is 5.58. The molecule has 5 rings (SSSR count). The predicted molar refractivity (Wildman–Crippen MR) is 137 cm³/mol. The van der Waals surface area contributed by atoms with Gasteiger partial charge in [0.15, 0.2) is 11.5 Å². The SMILES string of the molecule is COc1cc(C2C(C(=O)OC3CCCC3)=C(C)NC3=CCCC(=O)C32)ccc1OCc1ccccc1. The van der Waals surface area contributed by atoms with E-state index < -0.39 is 11.8 Å². The van der Waals surface area contributed by atoms with Crippen molar-refractivity contribution in [2.24, 2.45) is 5.92 Å². The summed E-state index contributed by atoms with van der Waals surface area (Å²) in [6.45, 7) is 2.30. The number of esters is 1. The van der Waals surface area contributed by atoms with Crippen LogP contribution < -0.4 is 14.8 Å². The van der Waals surface area contributed by atoms with Crippen molar-refractivity contribution in [3.05, 3.63) is 82.7 Å². The molecule has 1 heterocycles. The minimum atomic E-state index is -0.450. The molecule has 3 aliphatic rings. The number of ether oxygens (including phenoxy) is 3. The van der Waals surface area contributed by atoms with Crippen LogP contribution in [0.15, 0.2) is 71.6 Å². The lowest BCUT2D eigenvalue weighted by Crippen LogP contribution is -2.41. The number of ketones is 1. The van der Waals surface area contributed by atoms with Gasteiger partial charge in [0.1, 0.15) is 18.5 Å². The number of carbonyl (C=O) groups excluding carboxylic acids is 2. The van der Waals surface area contributed by atoms with Gasteiger partial charge in [-0.15, -0.1) is 0 Å². The Morgan fingerprint density at radius 2 is 1.81 bits per heavy atom. The highest BCUT2D eigenvalue weighted by molar-refractivity contribution is 5.96. The Morgan fingerprint density at radius 3 is 2.56 bits per heavy atom. The van der Waals surface area contributed by atoms with E-state index in [0.717, 1.165) is 48.2 Å². The van der Waals surface area contributed by atoms with E-state index in [9.17, 15) is 9.59 Å². The summed E-state index contributed by atoms with van der Waals surface area (Å²) >= 11 is 0. The van der Waals surface area contributed by atoms with Gasteiger partial charge < -0.3 is 19.5 Å². The van der Waals surface area contributed by atoms with Crippen molar-refractivity contribution >= 4 is 11.8 Å². The van der Waals surface area contributed by atoms with Crippen LogP contribution >= 0.6 is 0 Å². The monoisotopic (exact) mass is 487 g/mol. The Morgan fingerprint density at radius 1 is 1.03 bits per heavy atom. The maximum Gasteiger partial charge on any atom is 0.336 e. The molecule has 2 aromatic rings. The van der Waals surface area contributed by atoms with Gasteiger partial charge in [-0.3, -0.25) is 4.79 Å². The van der Waals surface area contributed by atoms with Crippen LogP contribution in [-0.2, 0) is 20.9 Å². The molecule has 6 heteroatoms. The molecule has 0 spiro atoms. The second-order valence-electron chi connectivity index (χ2n) is 9.78. The van der Waals surface area contributed by atoms with Crippen molar-refractivity contribution in [2.45, 2.75) is 64.1 Å². The number of carbonyl (C=O) groups is 2. The summed E-state index contributed by atoms with van der Waals surface area (Å²) in [5.74, 6) is 0.0767. The Labute approximate surface area is 212 Å². The highest BCUT2D eigenvalue weighted by atomic mass is 16.5. The Bertz CT molecular complexity index is 1190. The molecular formula is C30H33NO5. The van der Waals surface area contributed by atoms with Crippen molar-refractivity contribution in [2.75, 3.05) is 7.11 Å². The van der Waals surface area contributed by atoms with Gasteiger partial charge in [-0.05, 0) is 62.3 Å². The van der Waals surface area contributed by atoms with Crippen LogP contribution in [0.5, 0.6) is 11.5 Å². The van der Waals surface area contributed by atoms with Crippen LogP contribution in [0.2, 0.25) is 0 Å². The smallest absolute Gasteiger partial charge is 0.336 e. The molecule has 2 aromatic carbocycles. The van der Waals surface area contributed by atoms with E-state index in [1.807, 2.05) is 55.5 Å². The third-order valence-electron chi connectivity index (χ3n) is 7.40. The minimum absolute atomic E-state index is 0.0549. The van der Waals surface area contributed by atoms with Gasteiger partial charge in [0.25, 0.3) is 0 Å². The number of hydrogen-bond acceptors (Lipinski definition) is 6. The standard InChI is InChI=1S/C30H33NO5/c1-19-27(30(33)36-22-11-6-7-12-22)28(29-23(31-19)13-8-14-24(29)32)21-15-16-25(26(17-21)34-2)35-18-20-9-4-3-5-10-20/h3-5,9-10,13,15-17,22,28-29,31H,6-8,11-12,14,18H2,1-2H3.